The van der Waals surface area contributed by atoms with Crippen LogP contribution in [0.4, 0.5) is 0 Å². The van der Waals surface area contributed by atoms with Gasteiger partial charge in [0.2, 0.25) is 0 Å². The number of nitrogens with one attached hydrogen (secondary N) is 2. The van der Waals surface area contributed by atoms with E-state index >= 15 is 0 Å². The highest BCUT2D eigenvalue weighted by Gasteiger charge is 2.19. The fourth-order valence-electron chi connectivity index (χ4n) is 1.29. The predicted molar refractivity (Wildman–Crippen MR) is 54.8 cm³/mol. The molecule has 1 saturated carbocycles. The second-order valence-electron chi connectivity index (χ2n) is 3.60. The molecule has 0 spiro atoms. The molecule has 0 bridgehead atoms. The van der Waals surface area contributed by atoms with Crippen LogP contribution in [-0.4, -0.2) is 29.1 Å². The average molecular weight is 192 g/mol. The summed E-state index contributed by atoms with van der Waals surface area (Å²) in [6.07, 6.45) is 7.91. The van der Waals surface area contributed by atoms with Crippen LogP contribution in [0.2, 0.25) is 0 Å². The lowest BCUT2D eigenvalue weighted by Crippen LogP contribution is -2.28. The SMILES string of the molecule is c1cnc(CNCCNC2CC2)cn1. The number of aromatic nitrogens is 2. The molecule has 0 amide bonds. The number of rotatable bonds is 6. The van der Waals surface area contributed by atoms with Gasteiger partial charge in [-0.2, -0.15) is 0 Å². The van der Waals surface area contributed by atoms with Crippen LogP contribution in [0.1, 0.15) is 18.5 Å². The molecule has 1 heterocycles. The number of nitrogens with zero attached hydrogens (tertiary/aromatic N) is 2. The molecule has 0 unspecified atom stereocenters. The summed E-state index contributed by atoms with van der Waals surface area (Å²) >= 11 is 0. The van der Waals surface area contributed by atoms with E-state index in [1.807, 2.05) is 0 Å². The van der Waals surface area contributed by atoms with Crippen LogP contribution in [0.25, 0.3) is 0 Å². The average Bonchev–Trinajstić information content (AvgIpc) is 3.03. The van der Waals surface area contributed by atoms with Crippen molar-refractivity contribution in [3.05, 3.63) is 24.3 Å². The third-order valence-electron chi connectivity index (χ3n) is 2.23. The maximum absolute atomic E-state index is 4.18. The lowest BCUT2D eigenvalue weighted by atomic mass is 10.4. The van der Waals surface area contributed by atoms with Crippen LogP contribution in [0.15, 0.2) is 18.6 Å². The Labute approximate surface area is 84.2 Å². The largest absolute Gasteiger partial charge is 0.313 e. The molecule has 4 nitrogen and oxygen atoms in total. The first-order chi connectivity index (χ1) is 6.95. The number of hydrogen-bond acceptors (Lipinski definition) is 4. The first-order valence-corrected chi connectivity index (χ1v) is 5.14. The number of hydrogen-bond donors (Lipinski definition) is 2. The van der Waals surface area contributed by atoms with Gasteiger partial charge in [0, 0.05) is 44.3 Å². The van der Waals surface area contributed by atoms with Crippen molar-refractivity contribution < 1.29 is 0 Å². The zero-order valence-corrected chi connectivity index (χ0v) is 8.24. The minimum Gasteiger partial charge on any atom is -0.313 e. The highest BCUT2D eigenvalue weighted by atomic mass is 15.0. The molecule has 0 radical (unpaired) electrons. The Bertz CT molecular complexity index is 258. The van der Waals surface area contributed by atoms with Crippen molar-refractivity contribution in [2.24, 2.45) is 0 Å². The lowest BCUT2D eigenvalue weighted by Gasteiger charge is -2.04. The van der Waals surface area contributed by atoms with Crippen molar-refractivity contribution in [3.8, 4) is 0 Å². The van der Waals surface area contributed by atoms with Crippen molar-refractivity contribution >= 4 is 0 Å². The Morgan fingerprint density at radius 3 is 2.93 bits per heavy atom. The third kappa shape index (κ3) is 3.40. The summed E-state index contributed by atoms with van der Waals surface area (Å²) in [4.78, 5) is 8.18. The molecule has 4 heteroatoms. The lowest BCUT2D eigenvalue weighted by molar-refractivity contribution is 0.603. The van der Waals surface area contributed by atoms with Crippen LogP contribution >= 0.6 is 0 Å². The van der Waals surface area contributed by atoms with Crippen molar-refractivity contribution in [2.45, 2.75) is 25.4 Å². The molecule has 1 aromatic heterocycles. The van der Waals surface area contributed by atoms with Crippen molar-refractivity contribution in [1.29, 1.82) is 0 Å². The summed E-state index contributed by atoms with van der Waals surface area (Å²) in [6, 6.07) is 0.799. The molecule has 0 aliphatic heterocycles. The van der Waals surface area contributed by atoms with Gasteiger partial charge >= 0.3 is 0 Å². The molecule has 76 valence electrons. The minimum absolute atomic E-state index is 0.799. The van der Waals surface area contributed by atoms with Crippen LogP contribution < -0.4 is 10.6 Å². The molecule has 1 aliphatic rings. The van der Waals surface area contributed by atoms with Gasteiger partial charge in [0.1, 0.15) is 0 Å². The summed E-state index contributed by atoms with van der Waals surface area (Å²) in [7, 11) is 0. The van der Waals surface area contributed by atoms with Crippen molar-refractivity contribution in [2.75, 3.05) is 13.1 Å². The fraction of sp³-hybridized carbons (Fsp3) is 0.600. The van der Waals surface area contributed by atoms with E-state index < -0.39 is 0 Å². The quantitative estimate of drug-likeness (QED) is 0.637. The molecule has 14 heavy (non-hydrogen) atoms. The van der Waals surface area contributed by atoms with E-state index in [0.29, 0.717) is 0 Å². The zero-order chi connectivity index (χ0) is 9.64. The summed E-state index contributed by atoms with van der Waals surface area (Å²) in [5, 5.41) is 6.76. The van der Waals surface area contributed by atoms with E-state index in [1.165, 1.54) is 12.8 Å². The molecule has 2 rings (SSSR count). The van der Waals surface area contributed by atoms with Crippen molar-refractivity contribution in [1.82, 2.24) is 20.6 Å². The van der Waals surface area contributed by atoms with E-state index in [9.17, 15) is 0 Å². The van der Waals surface area contributed by atoms with E-state index in [4.69, 9.17) is 0 Å². The molecular formula is C10H16N4. The highest BCUT2D eigenvalue weighted by molar-refractivity contribution is 4.93. The van der Waals surface area contributed by atoms with Crippen LogP contribution in [-0.2, 0) is 6.54 Å². The monoisotopic (exact) mass is 192 g/mol. The van der Waals surface area contributed by atoms with Crippen LogP contribution in [0, 0.1) is 0 Å². The second kappa shape index (κ2) is 5.02. The van der Waals surface area contributed by atoms with Gasteiger partial charge in [-0.1, -0.05) is 0 Å². The molecular weight excluding hydrogens is 176 g/mol. The van der Waals surface area contributed by atoms with E-state index in [1.54, 1.807) is 18.6 Å². The molecule has 1 aliphatic carbocycles. The van der Waals surface area contributed by atoms with Gasteiger partial charge in [-0.05, 0) is 12.8 Å². The smallest absolute Gasteiger partial charge is 0.0724 e. The molecule has 0 aromatic carbocycles. The van der Waals surface area contributed by atoms with E-state index in [2.05, 4.69) is 20.6 Å². The Morgan fingerprint density at radius 1 is 1.29 bits per heavy atom. The van der Waals surface area contributed by atoms with Gasteiger partial charge < -0.3 is 10.6 Å². The van der Waals surface area contributed by atoms with Gasteiger partial charge in [0.25, 0.3) is 0 Å². The maximum Gasteiger partial charge on any atom is 0.0724 e. The summed E-state index contributed by atoms with van der Waals surface area (Å²) in [5.74, 6) is 0. The molecule has 0 saturated heterocycles. The van der Waals surface area contributed by atoms with Gasteiger partial charge in [0.05, 0.1) is 5.69 Å². The summed E-state index contributed by atoms with van der Waals surface area (Å²) < 4.78 is 0. The standard InChI is InChI=1S/C10H16N4/c1-2-9(1)13-5-3-11-7-10-8-12-4-6-14-10/h4,6,8-9,11,13H,1-3,5,7H2. The topological polar surface area (TPSA) is 49.8 Å². The Hall–Kier alpha value is -1.00. The first kappa shape index (κ1) is 9.55. The fourth-order valence-corrected chi connectivity index (χ4v) is 1.29. The molecule has 2 N–H and O–H groups in total. The normalized spacial score (nSPS) is 15.7. The Morgan fingerprint density at radius 2 is 2.21 bits per heavy atom. The Balaban J connectivity index is 1.54. The van der Waals surface area contributed by atoms with Gasteiger partial charge in [-0.15, -0.1) is 0 Å². The van der Waals surface area contributed by atoms with Gasteiger partial charge in [0.15, 0.2) is 0 Å². The predicted octanol–water partition coefficient (Wildman–Crippen LogP) is 0.318. The second-order valence-corrected chi connectivity index (χ2v) is 3.60. The maximum atomic E-state index is 4.18. The zero-order valence-electron chi connectivity index (χ0n) is 8.24. The van der Waals surface area contributed by atoms with E-state index in [0.717, 1.165) is 31.4 Å². The first-order valence-electron chi connectivity index (χ1n) is 5.14. The van der Waals surface area contributed by atoms with E-state index in [-0.39, 0.29) is 0 Å². The molecule has 1 aromatic rings. The van der Waals surface area contributed by atoms with Gasteiger partial charge in [-0.3, -0.25) is 9.97 Å². The van der Waals surface area contributed by atoms with Crippen LogP contribution in [0.5, 0.6) is 0 Å². The van der Waals surface area contributed by atoms with Crippen molar-refractivity contribution in [3.63, 3.8) is 0 Å². The summed E-state index contributed by atoms with van der Waals surface area (Å²) in [5.41, 5.74) is 0.999. The Kier molecular flexibility index (Phi) is 3.43. The van der Waals surface area contributed by atoms with Crippen LogP contribution in [0.3, 0.4) is 0 Å². The minimum atomic E-state index is 0.799. The summed E-state index contributed by atoms with van der Waals surface area (Å²) in [6.45, 7) is 2.85. The third-order valence-corrected chi connectivity index (χ3v) is 2.23. The molecule has 0 atom stereocenters. The van der Waals surface area contributed by atoms with Gasteiger partial charge in [-0.25, -0.2) is 0 Å². The molecule has 1 fully saturated rings. The highest BCUT2D eigenvalue weighted by Crippen LogP contribution is 2.17.